The maximum atomic E-state index is 13.2. The third kappa shape index (κ3) is 5.07. The molecule has 1 fully saturated rings. The fourth-order valence-corrected chi connectivity index (χ4v) is 5.02. The minimum Gasteiger partial charge on any atom is -0.481 e. The van der Waals surface area contributed by atoms with Gasteiger partial charge in [-0.05, 0) is 35.1 Å². The maximum absolute atomic E-state index is 13.2. The SMILES string of the molecule is COCCC(NC(=O)OCC1c2ccccc2-c2ccccc21)C(=O)N1CCC[C@@H]1CC(=O)O. The molecule has 8 heteroatoms. The molecule has 2 atom stereocenters. The van der Waals surface area contributed by atoms with Gasteiger partial charge in [0.2, 0.25) is 5.91 Å². The van der Waals surface area contributed by atoms with Crippen molar-refractivity contribution in [2.75, 3.05) is 26.9 Å². The Balaban J connectivity index is 1.42. The van der Waals surface area contributed by atoms with Gasteiger partial charge in [-0.2, -0.15) is 0 Å². The van der Waals surface area contributed by atoms with Gasteiger partial charge in [-0.3, -0.25) is 9.59 Å². The van der Waals surface area contributed by atoms with E-state index < -0.39 is 18.1 Å². The first-order valence-corrected chi connectivity index (χ1v) is 11.6. The number of carbonyl (C=O) groups is 3. The van der Waals surface area contributed by atoms with E-state index in [1.807, 2.05) is 36.4 Å². The number of methoxy groups -OCH3 is 1. The van der Waals surface area contributed by atoms with Crippen LogP contribution >= 0.6 is 0 Å². The van der Waals surface area contributed by atoms with Gasteiger partial charge >= 0.3 is 12.1 Å². The number of ether oxygens (including phenoxy) is 2. The fourth-order valence-electron chi connectivity index (χ4n) is 5.02. The van der Waals surface area contributed by atoms with Gasteiger partial charge in [0.15, 0.2) is 0 Å². The van der Waals surface area contributed by atoms with E-state index in [9.17, 15) is 14.4 Å². The van der Waals surface area contributed by atoms with Gasteiger partial charge in [0.25, 0.3) is 0 Å². The summed E-state index contributed by atoms with van der Waals surface area (Å²) in [5.41, 5.74) is 4.49. The highest BCUT2D eigenvalue weighted by molar-refractivity contribution is 5.86. The van der Waals surface area contributed by atoms with Crippen LogP contribution in [-0.4, -0.2) is 66.9 Å². The van der Waals surface area contributed by atoms with Gasteiger partial charge in [0, 0.05) is 38.6 Å². The van der Waals surface area contributed by atoms with Gasteiger partial charge in [-0.25, -0.2) is 4.79 Å². The number of nitrogens with zero attached hydrogens (tertiary/aromatic N) is 1. The van der Waals surface area contributed by atoms with Gasteiger partial charge in [-0.1, -0.05) is 48.5 Å². The monoisotopic (exact) mass is 466 g/mol. The normalized spacial score (nSPS) is 17.7. The number of carboxylic acids is 1. The number of fused-ring (bicyclic) bond motifs is 3. The predicted molar refractivity (Wildman–Crippen MR) is 125 cm³/mol. The number of carboxylic acid groups (broad SMARTS) is 1. The number of aliphatic carboxylic acids is 1. The van der Waals surface area contributed by atoms with Crippen molar-refractivity contribution >= 4 is 18.0 Å². The quantitative estimate of drug-likeness (QED) is 0.587. The number of amides is 2. The van der Waals surface area contributed by atoms with E-state index in [1.165, 1.54) is 7.11 Å². The molecule has 8 nitrogen and oxygen atoms in total. The summed E-state index contributed by atoms with van der Waals surface area (Å²) in [6.07, 6.45) is 0.875. The Morgan fingerprint density at radius 2 is 1.74 bits per heavy atom. The summed E-state index contributed by atoms with van der Waals surface area (Å²) in [4.78, 5) is 38.7. The van der Waals surface area contributed by atoms with E-state index in [0.717, 1.165) is 28.7 Å². The zero-order valence-corrected chi connectivity index (χ0v) is 19.2. The van der Waals surface area contributed by atoms with Crippen molar-refractivity contribution in [3.8, 4) is 11.1 Å². The second-order valence-electron chi connectivity index (χ2n) is 8.73. The predicted octanol–water partition coefficient (Wildman–Crippen LogP) is 3.40. The van der Waals surface area contributed by atoms with Gasteiger partial charge in [-0.15, -0.1) is 0 Å². The molecular formula is C26H30N2O6. The molecule has 180 valence electrons. The molecular weight excluding hydrogens is 436 g/mol. The molecule has 2 aromatic carbocycles. The lowest BCUT2D eigenvalue weighted by Crippen LogP contribution is -2.51. The highest BCUT2D eigenvalue weighted by Gasteiger charge is 2.35. The number of nitrogens with one attached hydrogen (secondary N) is 1. The van der Waals surface area contributed by atoms with Crippen molar-refractivity contribution in [3.05, 3.63) is 59.7 Å². The fraction of sp³-hybridized carbons (Fsp3) is 0.423. The minimum atomic E-state index is -0.942. The van der Waals surface area contributed by atoms with Crippen LogP contribution in [-0.2, 0) is 19.1 Å². The Labute approximate surface area is 198 Å². The number of rotatable bonds is 9. The molecule has 0 radical (unpaired) electrons. The number of likely N-dealkylation sites (tertiary alicyclic amines) is 1. The molecule has 0 saturated carbocycles. The maximum Gasteiger partial charge on any atom is 0.407 e. The van der Waals surface area contributed by atoms with E-state index in [2.05, 4.69) is 17.4 Å². The summed E-state index contributed by atoms with van der Waals surface area (Å²) < 4.78 is 10.7. The first-order chi connectivity index (χ1) is 16.5. The molecule has 1 aliphatic heterocycles. The molecule has 1 heterocycles. The molecule has 1 saturated heterocycles. The lowest BCUT2D eigenvalue weighted by molar-refractivity contribution is -0.140. The van der Waals surface area contributed by atoms with Crippen LogP contribution in [0.25, 0.3) is 11.1 Å². The number of benzene rings is 2. The van der Waals surface area contributed by atoms with E-state index >= 15 is 0 Å². The molecule has 2 aromatic rings. The van der Waals surface area contributed by atoms with Crippen molar-refractivity contribution in [2.45, 2.75) is 43.7 Å². The Morgan fingerprint density at radius 3 is 2.35 bits per heavy atom. The van der Waals surface area contributed by atoms with Gasteiger partial charge < -0.3 is 24.8 Å². The van der Waals surface area contributed by atoms with Crippen LogP contribution in [0.2, 0.25) is 0 Å². The zero-order chi connectivity index (χ0) is 24.1. The van der Waals surface area contributed by atoms with E-state index in [-0.39, 0.29) is 43.9 Å². The lowest BCUT2D eigenvalue weighted by Gasteiger charge is -2.28. The van der Waals surface area contributed by atoms with Crippen LogP contribution < -0.4 is 5.32 Å². The van der Waals surface area contributed by atoms with Gasteiger partial charge in [0.05, 0.1) is 6.42 Å². The number of hydrogen-bond donors (Lipinski definition) is 2. The summed E-state index contributed by atoms with van der Waals surface area (Å²) in [6, 6.07) is 15.0. The van der Waals surface area contributed by atoms with Crippen LogP contribution in [0, 0.1) is 0 Å². The Hall–Kier alpha value is -3.39. The second-order valence-corrected chi connectivity index (χ2v) is 8.73. The molecule has 0 spiro atoms. The van der Waals surface area contributed by atoms with Crippen LogP contribution in [0.4, 0.5) is 4.79 Å². The first-order valence-electron chi connectivity index (χ1n) is 11.6. The standard InChI is InChI=1S/C26H30N2O6/c1-33-14-12-23(25(31)28-13-6-7-17(28)15-24(29)30)27-26(32)34-16-22-20-10-4-2-8-18(20)19-9-3-5-11-21(19)22/h2-5,8-11,17,22-23H,6-7,12-16H2,1H3,(H,27,32)(H,29,30)/t17-,23?/m1/s1. The summed E-state index contributed by atoms with van der Waals surface area (Å²) in [7, 11) is 1.53. The Kier molecular flexibility index (Phi) is 7.47. The Bertz CT molecular complexity index is 1010. The third-order valence-corrected chi connectivity index (χ3v) is 6.61. The molecule has 0 aromatic heterocycles. The smallest absolute Gasteiger partial charge is 0.407 e. The van der Waals surface area contributed by atoms with E-state index in [1.54, 1.807) is 4.90 Å². The van der Waals surface area contributed by atoms with Gasteiger partial charge in [0.1, 0.15) is 12.6 Å². The molecule has 2 aliphatic rings. The molecule has 34 heavy (non-hydrogen) atoms. The highest BCUT2D eigenvalue weighted by Crippen LogP contribution is 2.44. The molecule has 0 bridgehead atoms. The average Bonchev–Trinajstić information content (AvgIpc) is 3.42. The van der Waals surface area contributed by atoms with Crippen LogP contribution in [0.3, 0.4) is 0 Å². The minimum absolute atomic E-state index is 0.0789. The van der Waals surface area contributed by atoms with E-state index in [0.29, 0.717) is 13.0 Å². The topological polar surface area (TPSA) is 105 Å². The van der Waals surface area contributed by atoms with Crippen molar-refractivity contribution in [1.29, 1.82) is 0 Å². The van der Waals surface area contributed by atoms with E-state index in [4.69, 9.17) is 14.6 Å². The van der Waals surface area contributed by atoms with Crippen LogP contribution in [0.15, 0.2) is 48.5 Å². The highest BCUT2D eigenvalue weighted by atomic mass is 16.5. The summed E-state index contributed by atoms with van der Waals surface area (Å²) in [5, 5.41) is 11.9. The van der Waals surface area contributed by atoms with Crippen molar-refractivity contribution < 1.29 is 29.0 Å². The molecule has 1 unspecified atom stereocenters. The number of carbonyl (C=O) groups excluding carboxylic acids is 2. The summed E-state index contributed by atoms with van der Waals surface area (Å²) in [5.74, 6) is -1.32. The molecule has 2 N–H and O–H groups in total. The Morgan fingerprint density at radius 1 is 1.09 bits per heavy atom. The summed E-state index contributed by atoms with van der Waals surface area (Å²) >= 11 is 0. The summed E-state index contributed by atoms with van der Waals surface area (Å²) in [6.45, 7) is 0.903. The lowest BCUT2D eigenvalue weighted by atomic mass is 9.98. The zero-order valence-electron chi connectivity index (χ0n) is 19.2. The largest absolute Gasteiger partial charge is 0.481 e. The van der Waals surface area contributed by atoms with Crippen molar-refractivity contribution in [3.63, 3.8) is 0 Å². The third-order valence-electron chi connectivity index (χ3n) is 6.61. The first kappa shape index (κ1) is 23.8. The average molecular weight is 467 g/mol. The molecule has 4 rings (SSSR count). The van der Waals surface area contributed by atoms with Crippen molar-refractivity contribution in [1.82, 2.24) is 10.2 Å². The molecule has 2 amide bonds. The van der Waals surface area contributed by atoms with Crippen LogP contribution in [0.1, 0.15) is 42.7 Å². The second kappa shape index (κ2) is 10.7. The number of hydrogen-bond acceptors (Lipinski definition) is 5. The van der Waals surface area contributed by atoms with Crippen molar-refractivity contribution in [2.24, 2.45) is 0 Å². The van der Waals surface area contributed by atoms with Crippen LogP contribution in [0.5, 0.6) is 0 Å². The molecule has 1 aliphatic carbocycles. The number of alkyl carbamates (subject to hydrolysis) is 1.